The summed E-state index contributed by atoms with van der Waals surface area (Å²) in [5, 5.41) is 12.0. The highest BCUT2D eigenvalue weighted by molar-refractivity contribution is 7.89. The van der Waals surface area contributed by atoms with Gasteiger partial charge in [-0.15, -0.1) is 0 Å². The van der Waals surface area contributed by atoms with Crippen LogP contribution in [0.1, 0.15) is 10.4 Å². The Hall–Kier alpha value is -3.31. The Balaban J connectivity index is 1.47. The molecule has 10 nitrogen and oxygen atoms in total. The number of nitrogens with zero attached hydrogens (tertiary/aromatic N) is 7. The van der Waals surface area contributed by atoms with Crippen LogP contribution in [-0.2, 0) is 10.0 Å². The summed E-state index contributed by atoms with van der Waals surface area (Å²) in [6.45, 7) is 2.08. The molecule has 1 fully saturated rings. The van der Waals surface area contributed by atoms with Crippen molar-refractivity contribution in [1.82, 2.24) is 29.4 Å². The minimum atomic E-state index is -3.60. The lowest BCUT2D eigenvalue weighted by molar-refractivity contribution is 0.0746. The van der Waals surface area contributed by atoms with Gasteiger partial charge in [0, 0.05) is 45.8 Å². The normalized spacial score (nSPS) is 14.8. The molecule has 0 N–H and O–H groups in total. The van der Waals surface area contributed by atoms with Gasteiger partial charge in [-0.25, -0.2) is 12.7 Å². The number of anilines is 1. The van der Waals surface area contributed by atoms with Crippen molar-refractivity contribution in [2.75, 3.05) is 45.2 Å². The standard InChI is InChI=1S/C20H23N7O3S/c1-24(2)31(29,30)18-10-6-7-16(15-18)19(28)25-11-13-26(14-12-25)20-21-22-23-27(20)17-8-4-3-5-9-17/h3-10,15H,11-14H2,1-2H3. The summed E-state index contributed by atoms with van der Waals surface area (Å²) in [7, 11) is -0.675. The number of para-hydroxylation sites is 1. The van der Waals surface area contributed by atoms with E-state index in [4.69, 9.17) is 0 Å². The molecule has 1 amide bonds. The number of hydrogen-bond donors (Lipinski definition) is 0. The van der Waals surface area contributed by atoms with Crippen molar-refractivity contribution in [1.29, 1.82) is 0 Å². The second-order valence-corrected chi connectivity index (χ2v) is 9.47. The third-order valence-electron chi connectivity index (χ3n) is 5.16. The van der Waals surface area contributed by atoms with Gasteiger partial charge in [0.15, 0.2) is 0 Å². The summed E-state index contributed by atoms with van der Waals surface area (Å²) in [5.74, 6) is 0.426. The fraction of sp³-hybridized carbons (Fsp3) is 0.300. The van der Waals surface area contributed by atoms with Crippen molar-refractivity contribution in [2.24, 2.45) is 0 Å². The van der Waals surface area contributed by atoms with Crippen LogP contribution in [0.4, 0.5) is 5.95 Å². The van der Waals surface area contributed by atoms with E-state index in [1.54, 1.807) is 21.7 Å². The number of benzene rings is 2. The van der Waals surface area contributed by atoms with E-state index in [0.29, 0.717) is 37.7 Å². The number of piperazine rings is 1. The van der Waals surface area contributed by atoms with E-state index in [9.17, 15) is 13.2 Å². The highest BCUT2D eigenvalue weighted by atomic mass is 32.2. The van der Waals surface area contributed by atoms with Crippen LogP contribution in [0, 0.1) is 0 Å². The van der Waals surface area contributed by atoms with Crippen LogP contribution in [0.15, 0.2) is 59.5 Å². The number of aromatic nitrogens is 4. The molecule has 0 unspecified atom stereocenters. The maximum atomic E-state index is 13.0. The van der Waals surface area contributed by atoms with Crippen molar-refractivity contribution in [3.8, 4) is 5.69 Å². The fourth-order valence-electron chi connectivity index (χ4n) is 3.41. The molecule has 3 aromatic rings. The predicted molar refractivity (Wildman–Crippen MR) is 115 cm³/mol. The van der Waals surface area contributed by atoms with Crippen molar-refractivity contribution in [3.63, 3.8) is 0 Å². The van der Waals surface area contributed by atoms with Crippen LogP contribution in [0.25, 0.3) is 5.69 Å². The molecule has 1 aromatic heterocycles. The molecule has 162 valence electrons. The fourth-order valence-corrected chi connectivity index (χ4v) is 4.36. The first kappa shape index (κ1) is 20.9. The lowest BCUT2D eigenvalue weighted by atomic mass is 10.2. The quantitative estimate of drug-likeness (QED) is 0.579. The number of sulfonamides is 1. The lowest BCUT2D eigenvalue weighted by Gasteiger charge is -2.34. The van der Waals surface area contributed by atoms with Gasteiger partial charge < -0.3 is 9.80 Å². The molecule has 0 atom stereocenters. The molecule has 0 radical (unpaired) electrons. The van der Waals surface area contributed by atoms with Gasteiger partial charge in [0.25, 0.3) is 5.91 Å². The average Bonchev–Trinajstić information content (AvgIpc) is 3.29. The summed E-state index contributed by atoms with van der Waals surface area (Å²) in [4.78, 5) is 16.8. The summed E-state index contributed by atoms with van der Waals surface area (Å²) >= 11 is 0. The van der Waals surface area contributed by atoms with E-state index < -0.39 is 10.0 Å². The Morgan fingerprint density at radius 2 is 1.68 bits per heavy atom. The first-order valence-corrected chi connectivity index (χ1v) is 11.2. The molecular weight excluding hydrogens is 418 g/mol. The van der Waals surface area contributed by atoms with Crippen molar-refractivity contribution in [3.05, 3.63) is 60.2 Å². The molecular formula is C20H23N7O3S. The first-order valence-electron chi connectivity index (χ1n) is 9.78. The summed E-state index contributed by atoms with van der Waals surface area (Å²) in [5.41, 5.74) is 1.21. The zero-order valence-electron chi connectivity index (χ0n) is 17.3. The van der Waals surface area contributed by atoms with E-state index in [2.05, 4.69) is 15.5 Å². The van der Waals surface area contributed by atoms with Gasteiger partial charge in [0.05, 0.1) is 10.6 Å². The summed E-state index contributed by atoms with van der Waals surface area (Å²) in [6, 6.07) is 15.8. The predicted octanol–water partition coefficient (Wildman–Crippen LogP) is 0.875. The second kappa shape index (κ2) is 8.44. The van der Waals surface area contributed by atoms with Gasteiger partial charge in [-0.05, 0) is 40.8 Å². The van der Waals surface area contributed by atoms with Gasteiger partial charge in [0.2, 0.25) is 16.0 Å². The topological polar surface area (TPSA) is 105 Å². The van der Waals surface area contributed by atoms with Crippen molar-refractivity contribution in [2.45, 2.75) is 4.90 Å². The van der Waals surface area contributed by atoms with Gasteiger partial charge in [-0.3, -0.25) is 4.79 Å². The first-order chi connectivity index (χ1) is 14.9. The number of hydrogen-bond acceptors (Lipinski definition) is 7. The lowest BCUT2D eigenvalue weighted by Crippen LogP contribution is -2.49. The largest absolute Gasteiger partial charge is 0.336 e. The molecule has 11 heteroatoms. The van der Waals surface area contributed by atoms with Crippen LogP contribution in [0.2, 0.25) is 0 Å². The van der Waals surface area contributed by atoms with E-state index in [1.165, 1.54) is 26.2 Å². The van der Waals surface area contributed by atoms with Crippen LogP contribution in [-0.4, -0.2) is 84.0 Å². The second-order valence-electron chi connectivity index (χ2n) is 7.32. The number of rotatable bonds is 5. The van der Waals surface area contributed by atoms with Crippen LogP contribution >= 0.6 is 0 Å². The van der Waals surface area contributed by atoms with Crippen LogP contribution < -0.4 is 4.90 Å². The monoisotopic (exact) mass is 441 g/mol. The maximum absolute atomic E-state index is 13.0. The van der Waals surface area contributed by atoms with Crippen molar-refractivity contribution >= 4 is 21.9 Å². The molecule has 2 heterocycles. The van der Waals surface area contributed by atoms with Gasteiger partial charge in [-0.1, -0.05) is 29.4 Å². The highest BCUT2D eigenvalue weighted by Crippen LogP contribution is 2.20. The third kappa shape index (κ3) is 4.14. The number of carbonyl (C=O) groups excluding carboxylic acids is 1. The molecule has 0 saturated carbocycles. The molecule has 4 rings (SSSR count). The zero-order chi connectivity index (χ0) is 22.0. The van der Waals surface area contributed by atoms with Gasteiger partial charge in [0.1, 0.15) is 0 Å². The van der Waals surface area contributed by atoms with E-state index in [1.807, 2.05) is 35.2 Å². The molecule has 0 aliphatic carbocycles. The van der Waals surface area contributed by atoms with Gasteiger partial charge >= 0.3 is 0 Å². The Labute approximate surface area is 180 Å². The summed E-state index contributed by atoms with van der Waals surface area (Å²) < 4.78 is 27.6. The van der Waals surface area contributed by atoms with Crippen LogP contribution in [0.5, 0.6) is 0 Å². The third-order valence-corrected chi connectivity index (χ3v) is 6.97. The molecule has 1 aliphatic heterocycles. The Bertz CT molecular complexity index is 1170. The number of carbonyl (C=O) groups is 1. The molecule has 1 saturated heterocycles. The highest BCUT2D eigenvalue weighted by Gasteiger charge is 2.26. The zero-order valence-corrected chi connectivity index (χ0v) is 18.1. The van der Waals surface area contributed by atoms with E-state index >= 15 is 0 Å². The minimum Gasteiger partial charge on any atom is -0.336 e. The van der Waals surface area contributed by atoms with Crippen molar-refractivity contribution < 1.29 is 13.2 Å². The minimum absolute atomic E-state index is 0.101. The van der Waals surface area contributed by atoms with E-state index in [-0.39, 0.29) is 10.8 Å². The smallest absolute Gasteiger partial charge is 0.254 e. The number of tetrazole rings is 1. The average molecular weight is 442 g/mol. The molecule has 0 bridgehead atoms. The molecule has 2 aromatic carbocycles. The maximum Gasteiger partial charge on any atom is 0.254 e. The SMILES string of the molecule is CN(C)S(=O)(=O)c1cccc(C(=O)N2CCN(c3nnnn3-c3ccccc3)CC2)c1. The van der Waals surface area contributed by atoms with Crippen LogP contribution in [0.3, 0.4) is 0 Å². The Morgan fingerprint density at radius 1 is 0.968 bits per heavy atom. The molecule has 31 heavy (non-hydrogen) atoms. The van der Waals surface area contributed by atoms with E-state index in [0.717, 1.165) is 9.99 Å². The molecule has 1 aliphatic rings. The number of amides is 1. The Morgan fingerprint density at radius 3 is 2.35 bits per heavy atom. The Kier molecular flexibility index (Phi) is 5.70. The summed E-state index contributed by atoms with van der Waals surface area (Å²) in [6.07, 6.45) is 0. The molecule has 0 spiro atoms. The van der Waals surface area contributed by atoms with Gasteiger partial charge in [-0.2, -0.15) is 4.68 Å².